The van der Waals surface area contributed by atoms with Crippen LogP contribution in [0.2, 0.25) is 0 Å². The molecule has 0 aromatic carbocycles. The number of carbonyl (C=O) groups is 1. The number of allylic oxidation sites excluding steroid dienone is 3. The zero-order valence-electron chi connectivity index (χ0n) is 19.9. The van der Waals surface area contributed by atoms with E-state index >= 15 is 0 Å². The standard InChI is InChI=1S/C27H42O4/c1-17(13-22(29)16-26(3,4)31)23-10-11-24-19(7-6-12-27(23,24)5)8-9-20-14-21(28)15-25(30)18(20)2/h8-9,17,21,23-25,28,30-31H,2,6-7,10-16H2,1,3-5H3/b19-8+,20-9+/t17-,21-,23-,24+,25+,27-/m1/s1. The molecule has 31 heavy (non-hydrogen) atoms. The maximum atomic E-state index is 12.5. The predicted molar refractivity (Wildman–Crippen MR) is 124 cm³/mol. The molecule has 3 N–H and O–H groups in total. The molecule has 0 saturated heterocycles. The van der Waals surface area contributed by atoms with Crippen molar-refractivity contribution in [3.63, 3.8) is 0 Å². The number of carbonyl (C=O) groups excluding carboxylic acids is 1. The lowest BCUT2D eigenvalue weighted by Gasteiger charge is -2.44. The summed E-state index contributed by atoms with van der Waals surface area (Å²) in [6.07, 6.45) is 10.6. The first-order valence-electron chi connectivity index (χ1n) is 12.1. The highest BCUT2D eigenvalue weighted by Crippen LogP contribution is 2.59. The molecule has 0 amide bonds. The molecule has 0 aromatic rings. The lowest BCUT2D eigenvalue weighted by atomic mass is 9.60. The van der Waals surface area contributed by atoms with E-state index in [4.69, 9.17) is 0 Å². The molecule has 0 aromatic heterocycles. The highest BCUT2D eigenvalue weighted by Gasteiger charge is 2.50. The molecule has 3 rings (SSSR count). The second-order valence-electron chi connectivity index (χ2n) is 11.4. The van der Waals surface area contributed by atoms with E-state index in [-0.39, 0.29) is 17.6 Å². The maximum Gasteiger partial charge on any atom is 0.136 e. The number of hydrogen-bond acceptors (Lipinski definition) is 4. The van der Waals surface area contributed by atoms with Crippen molar-refractivity contribution in [3.05, 3.63) is 35.5 Å². The second-order valence-corrected chi connectivity index (χ2v) is 11.4. The van der Waals surface area contributed by atoms with Gasteiger partial charge in [-0.2, -0.15) is 0 Å². The Hall–Kier alpha value is -1.23. The molecule has 0 spiro atoms. The molecule has 0 heterocycles. The van der Waals surface area contributed by atoms with Gasteiger partial charge in [0.05, 0.1) is 17.8 Å². The van der Waals surface area contributed by atoms with E-state index < -0.39 is 17.8 Å². The smallest absolute Gasteiger partial charge is 0.136 e. The summed E-state index contributed by atoms with van der Waals surface area (Å²) in [6.45, 7) is 12.1. The fourth-order valence-electron chi connectivity index (χ4n) is 6.74. The van der Waals surface area contributed by atoms with Gasteiger partial charge in [0.2, 0.25) is 0 Å². The fourth-order valence-corrected chi connectivity index (χ4v) is 6.74. The number of fused-ring (bicyclic) bond motifs is 1. The predicted octanol–water partition coefficient (Wildman–Crippen LogP) is 4.88. The maximum absolute atomic E-state index is 12.5. The van der Waals surface area contributed by atoms with Crippen LogP contribution in [0.4, 0.5) is 0 Å². The third kappa shape index (κ3) is 5.58. The van der Waals surface area contributed by atoms with Gasteiger partial charge >= 0.3 is 0 Å². The second kappa shape index (κ2) is 9.33. The molecular formula is C27H42O4. The summed E-state index contributed by atoms with van der Waals surface area (Å²) in [7, 11) is 0. The summed E-state index contributed by atoms with van der Waals surface area (Å²) < 4.78 is 0. The molecule has 4 heteroatoms. The van der Waals surface area contributed by atoms with Crippen LogP contribution in [0, 0.1) is 23.2 Å². The van der Waals surface area contributed by atoms with Gasteiger partial charge in [-0.15, -0.1) is 0 Å². The first-order valence-corrected chi connectivity index (χ1v) is 12.1. The Kier molecular flexibility index (Phi) is 7.35. The van der Waals surface area contributed by atoms with Crippen LogP contribution in [0.5, 0.6) is 0 Å². The van der Waals surface area contributed by atoms with Crippen LogP contribution in [-0.4, -0.2) is 38.9 Å². The number of Topliss-reactive ketones (excluding diaryl/α,β-unsaturated/α-hetero) is 1. The van der Waals surface area contributed by atoms with Crippen LogP contribution < -0.4 is 0 Å². The van der Waals surface area contributed by atoms with E-state index in [1.165, 1.54) is 12.0 Å². The summed E-state index contributed by atoms with van der Waals surface area (Å²) in [5.74, 6) is 1.54. The van der Waals surface area contributed by atoms with Gasteiger partial charge in [0.1, 0.15) is 5.78 Å². The molecule has 174 valence electrons. The van der Waals surface area contributed by atoms with Crippen molar-refractivity contribution in [2.75, 3.05) is 0 Å². The van der Waals surface area contributed by atoms with Gasteiger partial charge in [0.25, 0.3) is 0 Å². The van der Waals surface area contributed by atoms with Gasteiger partial charge in [-0.3, -0.25) is 4.79 Å². The average molecular weight is 431 g/mol. The van der Waals surface area contributed by atoms with Gasteiger partial charge in [-0.1, -0.05) is 38.2 Å². The van der Waals surface area contributed by atoms with Gasteiger partial charge in [0.15, 0.2) is 0 Å². The summed E-state index contributed by atoms with van der Waals surface area (Å²) in [4.78, 5) is 12.5. The van der Waals surface area contributed by atoms with E-state index in [1.54, 1.807) is 13.8 Å². The Morgan fingerprint density at radius 2 is 2.00 bits per heavy atom. The SMILES string of the molecule is C=C1/C(=C/C=C2\CCC[C@]3(C)[C@@H]([C@H](C)CC(=O)CC(C)(C)O)CC[C@@H]23)C[C@@H](O)C[C@@H]1O. The van der Waals surface area contributed by atoms with Crippen LogP contribution in [-0.2, 0) is 4.79 Å². The van der Waals surface area contributed by atoms with Gasteiger partial charge < -0.3 is 15.3 Å². The highest BCUT2D eigenvalue weighted by atomic mass is 16.3. The number of aliphatic hydroxyl groups excluding tert-OH is 2. The molecule has 0 aliphatic heterocycles. The van der Waals surface area contributed by atoms with E-state index in [1.807, 2.05) is 0 Å². The van der Waals surface area contributed by atoms with Crippen molar-refractivity contribution in [1.29, 1.82) is 0 Å². The van der Waals surface area contributed by atoms with Gasteiger partial charge in [-0.25, -0.2) is 0 Å². The van der Waals surface area contributed by atoms with Crippen molar-refractivity contribution in [2.24, 2.45) is 23.2 Å². The molecule has 3 saturated carbocycles. The zero-order valence-corrected chi connectivity index (χ0v) is 19.9. The van der Waals surface area contributed by atoms with Gasteiger partial charge in [-0.05, 0) is 86.7 Å². The molecule has 6 atom stereocenters. The van der Waals surface area contributed by atoms with E-state index in [2.05, 4.69) is 32.6 Å². The van der Waals surface area contributed by atoms with Crippen molar-refractivity contribution in [2.45, 2.75) is 103 Å². The van der Waals surface area contributed by atoms with Crippen molar-refractivity contribution in [1.82, 2.24) is 0 Å². The van der Waals surface area contributed by atoms with Crippen molar-refractivity contribution in [3.8, 4) is 0 Å². The Morgan fingerprint density at radius 3 is 2.68 bits per heavy atom. The molecular weight excluding hydrogens is 388 g/mol. The van der Waals surface area contributed by atoms with Crippen LogP contribution in [0.1, 0.15) is 85.5 Å². The lowest BCUT2D eigenvalue weighted by molar-refractivity contribution is -0.124. The summed E-state index contributed by atoms with van der Waals surface area (Å²) in [5.41, 5.74) is 2.45. The molecule has 0 bridgehead atoms. The number of rotatable bonds is 6. The minimum atomic E-state index is -0.933. The normalized spacial score (nSPS) is 37.8. The fraction of sp³-hybridized carbons (Fsp3) is 0.741. The Morgan fingerprint density at radius 1 is 1.29 bits per heavy atom. The number of aliphatic hydroxyl groups is 3. The van der Waals surface area contributed by atoms with Crippen molar-refractivity contribution >= 4 is 5.78 Å². The number of hydrogen-bond donors (Lipinski definition) is 3. The third-order valence-electron chi connectivity index (χ3n) is 8.17. The van der Waals surface area contributed by atoms with Crippen LogP contribution >= 0.6 is 0 Å². The first-order chi connectivity index (χ1) is 14.4. The van der Waals surface area contributed by atoms with E-state index in [0.29, 0.717) is 37.0 Å². The van der Waals surface area contributed by atoms with Crippen LogP contribution in [0.3, 0.4) is 0 Å². The summed E-state index contributed by atoms with van der Waals surface area (Å²) in [6, 6.07) is 0. The monoisotopic (exact) mass is 430 g/mol. The van der Waals surface area contributed by atoms with Crippen LogP contribution in [0.25, 0.3) is 0 Å². The average Bonchev–Trinajstić information content (AvgIpc) is 2.99. The largest absolute Gasteiger partial charge is 0.393 e. The molecule has 3 aliphatic carbocycles. The summed E-state index contributed by atoms with van der Waals surface area (Å²) in [5, 5.41) is 30.1. The zero-order chi connectivity index (χ0) is 23.0. The quantitative estimate of drug-likeness (QED) is 0.561. The Balaban J connectivity index is 1.73. The molecule has 3 aliphatic rings. The third-order valence-corrected chi connectivity index (χ3v) is 8.17. The molecule has 0 unspecified atom stereocenters. The van der Waals surface area contributed by atoms with Crippen molar-refractivity contribution < 1.29 is 20.1 Å². The number of ketones is 1. The van der Waals surface area contributed by atoms with E-state index in [9.17, 15) is 20.1 Å². The first kappa shape index (κ1) is 24.4. The summed E-state index contributed by atoms with van der Waals surface area (Å²) >= 11 is 0. The molecule has 0 radical (unpaired) electrons. The Labute approximate surface area is 188 Å². The molecule has 4 nitrogen and oxygen atoms in total. The van der Waals surface area contributed by atoms with E-state index in [0.717, 1.165) is 36.8 Å². The lowest BCUT2D eigenvalue weighted by Crippen LogP contribution is -2.36. The minimum absolute atomic E-state index is 0.163. The van der Waals surface area contributed by atoms with Gasteiger partial charge in [0, 0.05) is 19.3 Å². The minimum Gasteiger partial charge on any atom is -0.393 e. The van der Waals surface area contributed by atoms with Crippen LogP contribution in [0.15, 0.2) is 35.5 Å². The topological polar surface area (TPSA) is 77.8 Å². The highest BCUT2D eigenvalue weighted by molar-refractivity contribution is 5.79. The Bertz CT molecular complexity index is 756. The molecule has 3 fully saturated rings.